The lowest BCUT2D eigenvalue weighted by Crippen LogP contribution is -2.08. The number of aromatic carboxylic acids is 1. The van der Waals surface area contributed by atoms with E-state index in [2.05, 4.69) is 4.98 Å². The van der Waals surface area contributed by atoms with E-state index < -0.39 is 15.8 Å². The molecule has 0 saturated heterocycles. The fourth-order valence-corrected chi connectivity index (χ4v) is 2.87. The molecule has 0 aliphatic heterocycles. The van der Waals surface area contributed by atoms with Gasteiger partial charge in [0.25, 0.3) is 0 Å². The summed E-state index contributed by atoms with van der Waals surface area (Å²) in [5.74, 6) is -1.50. The Balaban J connectivity index is 2.31. The van der Waals surface area contributed by atoms with Crippen molar-refractivity contribution in [2.75, 3.05) is 0 Å². The molecule has 0 bridgehead atoms. The molecule has 0 saturated carbocycles. The molecule has 0 aliphatic carbocycles. The Labute approximate surface area is 110 Å². The zero-order valence-electron chi connectivity index (χ0n) is 9.85. The number of benzene rings is 1. The summed E-state index contributed by atoms with van der Waals surface area (Å²) in [5.41, 5.74) is 0.0458. The molecule has 6 heteroatoms. The molecule has 19 heavy (non-hydrogen) atoms. The number of nitrogens with zero attached hydrogens (tertiary/aromatic N) is 1. The van der Waals surface area contributed by atoms with Gasteiger partial charge in [-0.3, -0.25) is 0 Å². The lowest BCUT2D eigenvalue weighted by atomic mass is 10.3. The third-order valence-electron chi connectivity index (χ3n) is 2.47. The van der Waals surface area contributed by atoms with E-state index in [0.717, 1.165) is 0 Å². The van der Waals surface area contributed by atoms with Gasteiger partial charge < -0.3 is 5.11 Å². The molecule has 0 radical (unpaired) electrons. The van der Waals surface area contributed by atoms with E-state index in [-0.39, 0.29) is 22.0 Å². The van der Waals surface area contributed by atoms with Gasteiger partial charge in [0.2, 0.25) is 0 Å². The summed E-state index contributed by atoms with van der Waals surface area (Å²) in [6.07, 6.45) is 0. The first-order valence-electron chi connectivity index (χ1n) is 5.46. The van der Waals surface area contributed by atoms with Crippen molar-refractivity contribution < 1.29 is 18.3 Å². The highest BCUT2D eigenvalue weighted by atomic mass is 32.2. The molecule has 2 rings (SSSR count). The number of hydrogen-bond acceptors (Lipinski definition) is 4. The standard InChI is InChI=1S/C13H11NO4S/c15-13(16)12-8-4-5-10(14-12)9-19(17,18)11-6-2-1-3-7-11/h1-8H,9H2,(H,15,16). The summed E-state index contributed by atoms with van der Waals surface area (Å²) in [4.78, 5) is 14.8. The molecule has 1 heterocycles. The molecule has 1 aromatic heterocycles. The Morgan fingerprint density at radius 2 is 1.74 bits per heavy atom. The number of carbonyl (C=O) groups is 1. The average Bonchev–Trinajstić information content (AvgIpc) is 2.39. The first-order valence-corrected chi connectivity index (χ1v) is 7.11. The molecule has 2 aromatic rings. The maximum absolute atomic E-state index is 12.1. The number of rotatable bonds is 4. The SMILES string of the molecule is O=C(O)c1cccc(CS(=O)(=O)c2ccccc2)n1. The van der Waals surface area contributed by atoms with Crippen molar-refractivity contribution in [3.63, 3.8) is 0 Å². The number of sulfone groups is 1. The van der Waals surface area contributed by atoms with Gasteiger partial charge in [-0.2, -0.15) is 0 Å². The topological polar surface area (TPSA) is 84.3 Å². The minimum atomic E-state index is -3.51. The molecule has 1 N–H and O–H groups in total. The fraction of sp³-hybridized carbons (Fsp3) is 0.0769. The first kappa shape index (κ1) is 13.2. The minimum absolute atomic E-state index is 0.166. The van der Waals surface area contributed by atoms with E-state index in [9.17, 15) is 13.2 Å². The summed E-state index contributed by atoms with van der Waals surface area (Å²) in [6.45, 7) is 0. The normalized spacial score (nSPS) is 11.2. The van der Waals surface area contributed by atoms with Crippen molar-refractivity contribution in [2.45, 2.75) is 10.6 Å². The van der Waals surface area contributed by atoms with Gasteiger partial charge >= 0.3 is 5.97 Å². The van der Waals surface area contributed by atoms with Crippen molar-refractivity contribution in [1.29, 1.82) is 0 Å². The van der Waals surface area contributed by atoms with Gasteiger partial charge in [0.15, 0.2) is 9.84 Å². The molecule has 0 atom stereocenters. The smallest absolute Gasteiger partial charge is 0.354 e. The Bertz CT molecular complexity index is 696. The monoisotopic (exact) mass is 277 g/mol. The zero-order chi connectivity index (χ0) is 13.9. The van der Waals surface area contributed by atoms with E-state index in [1.807, 2.05) is 0 Å². The van der Waals surface area contributed by atoms with E-state index in [4.69, 9.17) is 5.11 Å². The van der Waals surface area contributed by atoms with E-state index >= 15 is 0 Å². The predicted molar refractivity (Wildman–Crippen MR) is 68.5 cm³/mol. The summed E-state index contributed by atoms with van der Waals surface area (Å²) in [5, 5.41) is 8.81. The third kappa shape index (κ3) is 3.17. The number of pyridine rings is 1. The molecular formula is C13H11NO4S. The molecule has 1 aromatic carbocycles. The number of aromatic nitrogens is 1. The summed E-state index contributed by atoms with van der Waals surface area (Å²) in [6, 6.07) is 12.3. The lowest BCUT2D eigenvalue weighted by Gasteiger charge is -2.04. The molecule has 0 amide bonds. The minimum Gasteiger partial charge on any atom is -0.477 e. The Morgan fingerprint density at radius 1 is 1.05 bits per heavy atom. The van der Waals surface area contributed by atoms with Crippen LogP contribution in [-0.4, -0.2) is 24.5 Å². The Hall–Kier alpha value is -2.21. The summed E-state index contributed by atoms with van der Waals surface area (Å²) < 4.78 is 24.2. The van der Waals surface area contributed by atoms with Gasteiger partial charge in [-0.25, -0.2) is 18.2 Å². The second-order valence-electron chi connectivity index (χ2n) is 3.89. The van der Waals surface area contributed by atoms with Crippen LogP contribution in [0.5, 0.6) is 0 Å². The van der Waals surface area contributed by atoms with Crippen LogP contribution in [0.25, 0.3) is 0 Å². The van der Waals surface area contributed by atoms with Crippen LogP contribution in [0.3, 0.4) is 0 Å². The van der Waals surface area contributed by atoms with Crippen molar-refractivity contribution in [3.05, 3.63) is 59.9 Å². The van der Waals surface area contributed by atoms with E-state index in [1.54, 1.807) is 18.2 Å². The average molecular weight is 277 g/mol. The Kier molecular flexibility index (Phi) is 3.62. The van der Waals surface area contributed by atoms with Crippen LogP contribution >= 0.6 is 0 Å². The van der Waals surface area contributed by atoms with Crippen LogP contribution in [0, 0.1) is 0 Å². The van der Waals surface area contributed by atoms with Gasteiger partial charge in [-0.1, -0.05) is 24.3 Å². The second-order valence-corrected chi connectivity index (χ2v) is 5.88. The summed E-state index contributed by atoms with van der Waals surface area (Å²) in [7, 11) is -3.51. The van der Waals surface area contributed by atoms with E-state index in [0.29, 0.717) is 0 Å². The van der Waals surface area contributed by atoms with E-state index in [1.165, 1.54) is 30.3 Å². The molecule has 98 valence electrons. The van der Waals surface area contributed by atoms with Gasteiger partial charge in [0.1, 0.15) is 5.69 Å². The maximum atomic E-state index is 12.1. The van der Waals surface area contributed by atoms with Crippen molar-refractivity contribution in [1.82, 2.24) is 4.98 Å². The number of hydrogen-bond donors (Lipinski definition) is 1. The van der Waals surface area contributed by atoms with Crippen LogP contribution < -0.4 is 0 Å². The third-order valence-corrected chi connectivity index (χ3v) is 4.13. The number of carboxylic acids is 1. The molecule has 0 fully saturated rings. The first-order chi connectivity index (χ1) is 8.99. The highest BCUT2D eigenvalue weighted by Gasteiger charge is 2.16. The quantitative estimate of drug-likeness (QED) is 0.920. The molecule has 5 nitrogen and oxygen atoms in total. The number of carboxylic acid groups (broad SMARTS) is 1. The van der Waals surface area contributed by atoms with Crippen LogP contribution in [0.4, 0.5) is 0 Å². The fourth-order valence-electron chi connectivity index (χ4n) is 1.58. The molecule has 0 spiro atoms. The maximum Gasteiger partial charge on any atom is 0.354 e. The van der Waals surface area contributed by atoms with Crippen LogP contribution in [0.15, 0.2) is 53.4 Å². The van der Waals surface area contributed by atoms with Gasteiger partial charge in [-0.05, 0) is 24.3 Å². The Morgan fingerprint density at radius 3 is 2.37 bits per heavy atom. The predicted octanol–water partition coefficient (Wildman–Crippen LogP) is 1.75. The molecular weight excluding hydrogens is 266 g/mol. The highest BCUT2D eigenvalue weighted by Crippen LogP contribution is 2.15. The summed E-state index contributed by atoms with van der Waals surface area (Å²) >= 11 is 0. The van der Waals surface area contributed by atoms with Gasteiger partial charge in [0, 0.05) is 0 Å². The van der Waals surface area contributed by atoms with Crippen LogP contribution in [-0.2, 0) is 15.6 Å². The van der Waals surface area contributed by atoms with Crippen LogP contribution in [0.2, 0.25) is 0 Å². The van der Waals surface area contributed by atoms with Crippen molar-refractivity contribution in [2.24, 2.45) is 0 Å². The van der Waals surface area contributed by atoms with Crippen LogP contribution in [0.1, 0.15) is 16.2 Å². The second kappa shape index (κ2) is 5.19. The van der Waals surface area contributed by atoms with Crippen molar-refractivity contribution in [3.8, 4) is 0 Å². The zero-order valence-corrected chi connectivity index (χ0v) is 10.7. The molecule has 0 unspecified atom stereocenters. The molecule has 0 aliphatic rings. The van der Waals surface area contributed by atoms with Crippen molar-refractivity contribution >= 4 is 15.8 Å². The lowest BCUT2D eigenvalue weighted by molar-refractivity contribution is 0.0690. The highest BCUT2D eigenvalue weighted by molar-refractivity contribution is 7.90. The van der Waals surface area contributed by atoms with Gasteiger partial charge in [-0.15, -0.1) is 0 Å². The van der Waals surface area contributed by atoms with Gasteiger partial charge in [0.05, 0.1) is 16.3 Å². The largest absolute Gasteiger partial charge is 0.477 e.